The van der Waals surface area contributed by atoms with Gasteiger partial charge in [0.2, 0.25) is 0 Å². The second-order valence-electron chi connectivity index (χ2n) is 4.60. The lowest BCUT2D eigenvalue weighted by Crippen LogP contribution is -2.24. The third-order valence-electron chi connectivity index (χ3n) is 2.96. The van der Waals surface area contributed by atoms with Crippen LogP contribution in [0.1, 0.15) is 41.2 Å². The van der Waals surface area contributed by atoms with E-state index in [1.165, 1.54) is 16.1 Å². The maximum Gasteiger partial charge on any atom is 0.0947 e. The number of nitrogens with zero attached hydrogens (tertiary/aromatic N) is 1. The van der Waals surface area contributed by atoms with Gasteiger partial charge in [-0.3, -0.25) is 0 Å². The van der Waals surface area contributed by atoms with Gasteiger partial charge in [0.05, 0.1) is 5.01 Å². The van der Waals surface area contributed by atoms with Crippen molar-refractivity contribution in [1.29, 1.82) is 0 Å². The van der Waals surface area contributed by atoms with Crippen molar-refractivity contribution in [3.63, 3.8) is 0 Å². The summed E-state index contributed by atoms with van der Waals surface area (Å²) >= 11 is 3.55. The molecule has 4 heteroatoms. The highest BCUT2D eigenvalue weighted by Gasteiger charge is 2.16. The minimum absolute atomic E-state index is 0.404. The molecule has 0 saturated heterocycles. The first-order chi connectivity index (χ1) is 8.70. The van der Waals surface area contributed by atoms with E-state index < -0.39 is 0 Å². The first kappa shape index (κ1) is 13.7. The summed E-state index contributed by atoms with van der Waals surface area (Å²) in [4.78, 5) is 4.58. The number of aromatic nitrogens is 1. The van der Waals surface area contributed by atoms with Crippen LogP contribution in [-0.2, 0) is 6.42 Å². The minimum atomic E-state index is 0.404. The van der Waals surface area contributed by atoms with E-state index in [2.05, 4.69) is 47.2 Å². The maximum absolute atomic E-state index is 4.58. The number of hydrogen-bond acceptors (Lipinski definition) is 4. The summed E-state index contributed by atoms with van der Waals surface area (Å²) < 4.78 is 0. The largest absolute Gasteiger partial charge is 0.310 e. The van der Waals surface area contributed by atoms with Crippen LogP contribution in [0.3, 0.4) is 0 Å². The van der Waals surface area contributed by atoms with Crippen LogP contribution < -0.4 is 5.32 Å². The van der Waals surface area contributed by atoms with E-state index in [4.69, 9.17) is 0 Å². The summed E-state index contributed by atoms with van der Waals surface area (Å²) in [5.41, 5.74) is 3.95. The van der Waals surface area contributed by atoms with Gasteiger partial charge >= 0.3 is 0 Å². The first-order valence-corrected chi connectivity index (χ1v) is 8.20. The molecule has 2 nitrogen and oxygen atoms in total. The molecular formula is C14H20N2S2. The Bertz CT molecular complexity index is 487. The topological polar surface area (TPSA) is 24.9 Å². The van der Waals surface area contributed by atoms with Crippen LogP contribution in [0.4, 0.5) is 0 Å². The fraction of sp³-hybridized carbons (Fsp3) is 0.500. The van der Waals surface area contributed by atoms with Crippen LogP contribution in [0.5, 0.6) is 0 Å². The van der Waals surface area contributed by atoms with Crippen LogP contribution in [0, 0.1) is 13.8 Å². The van der Waals surface area contributed by atoms with Crippen molar-refractivity contribution in [3.05, 3.63) is 38.0 Å². The molecule has 2 heterocycles. The number of aryl methyl sites for hydroxylation is 2. The monoisotopic (exact) mass is 280 g/mol. The first-order valence-electron chi connectivity index (χ1n) is 6.37. The molecule has 0 spiro atoms. The Labute approximate surface area is 117 Å². The molecule has 18 heavy (non-hydrogen) atoms. The van der Waals surface area contributed by atoms with Crippen molar-refractivity contribution in [2.45, 2.75) is 39.7 Å². The molecule has 1 N–H and O–H groups in total. The van der Waals surface area contributed by atoms with E-state index in [1.54, 1.807) is 22.7 Å². The van der Waals surface area contributed by atoms with Gasteiger partial charge in [0.1, 0.15) is 0 Å². The summed E-state index contributed by atoms with van der Waals surface area (Å²) in [6, 6.07) is 0.404. The molecule has 2 aromatic rings. The number of nitrogens with one attached hydrogen (secondary N) is 1. The van der Waals surface area contributed by atoms with Crippen molar-refractivity contribution >= 4 is 22.7 Å². The summed E-state index contributed by atoms with van der Waals surface area (Å²) in [7, 11) is 0. The lowest BCUT2D eigenvalue weighted by molar-refractivity contribution is 0.527. The highest BCUT2D eigenvalue weighted by atomic mass is 32.1. The third kappa shape index (κ3) is 3.40. The molecule has 0 bridgehead atoms. The average molecular weight is 280 g/mol. The average Bonchev–Trinajstić information content (AvgIpc) is 2.93. The molecular weight excluding hydrogens is 260 g/mol. The molecule has 0 amide bonds. The highest BCUT2D eigenvalue weighted by Crippen LogP contribution is 2.26. The minimum Gasteiger partial charge on any atom is -0.310 e. The molecule has 0 aliphatic carbocycles. The van der Waals surface area contributed by atoms with Gasteiger partial charge in [0.15, 0.2) is 0 Å². The third-order valence-corrected chi connectivity index (χ3v) is 4.83. The van der Waals surface area contributed by atoms with Crippen LogP contribution in [-0.4, -0.2) is 11.5 Å². The van der Waals surface area contributed by atoms with Gasteiger partial charge in [-0.2, -0.15) is 11.3 Å². The van der Waals surface area contributed by atoms with Crippen LogP contribution in [0.15, 0.2) is 16.1 Å². The zero-order valence-corrected chi connectivity index (χ0v) is 12.8. The van der Waals surface area contributed by atoms with Gasteiger partial charge in [0.25, 0.3) is 0 Å². The summed E-state index contributed by atoms with van der Waals surface area (Å²) in [6.45, 7) is 7.52. The second kappa shape index (κ2) is 6.45. The van der Waals surface area contributed by atoms with E-state index in [0.717, 1.165) is 25.1 Å². The molecule has 0 aliphatic rings. The fourth-order valence-electron chi connectivity index (χ4n) is 2.01. The molecule has 2 aromatic heterocycles. The van der Waals surface area contributed by atoms with E-state index in [-0.39, 0.29) is 0 Å². The molecule has 2 rings (SSSR count). The van der Waals surface area contributed by atoms with Gasteiger partial charge in [-0.05, 0) is 48.7 Å². The number of hydrogen-bond donors (Lipinski definition) is 1. The fourth-order valence-corrected chi connectivity index (χ4v) is 3.73. The Morgan fingerprint density at radius 2 is 2.11 bits per heavy atom. The normalized spacial score (nSPS) is 12.8. The van der Waals surface area contributed by atoms with Gasteiger partial charge in [-0.1, -0.05) is 6.92 Å². The highest BCUT2D eigenvalue weighted by molar-refractivity contribution is 7.09. The molecule has 1 atom stereocenters. The Morgan fingerprint density at radius 3 is 2.67 bits per heavy atom. The Morgan fingerprint density at radius 1 is 1.28 bits per heavy atom. The predicted molar refractivity (Wildman–Crippen MR) is 80.6 cm³/mol. The van der Waals surface area contributed by atoms with Crippen molar-refractivity contribution in [2.75, 3.05) is 6.54 Å². The van der Waals surface area contributed by atoms with E-state index >= 15 is 0 Å². The molecule has 0 aromatic carbocycles. The lowest BCUT2D eigenvalue weighted by atomic mass is 10.0. The summed E-state index contributed by atoms with van der Waals surface area (Å²) in [5, 5.41) is 11.5. The van der Waals surface area contributed by atoms with Crippen LogP contribution >= 0.6 is 22.7 Å². The predicted octanol–water partition coefficient (Wildman–Crippen LogP) is 4.10. The molecule has 0 radical (unpaired) electrons. The van der Waals surface area contributed by atoms with Crippen molar-refractivity contribution < 1.29 is 0 Å². The summed E-state index contributed by atoms with van der Waals surface area (Å²) in [5.74, 6) is 0. The Balaban J connectivity index is 2.12. The smallest absolute Gasteiger partial charge is 0.0947 e. The van der Waals surface area contributed by atoms with Crippen molar-refractivity contribution in [2.24, 2.45) is 0 Å². The molecule has 98 valence electrons. The Kier molecular flexibility index (Phi) is 4.92. The number of thiazole rings is 1. The van der Waals surface area contributed by atoms with Crippen LogP contribution in [0.25, 0.3) is 0 Å². The number of thiophene rings is 1. The second-order valence-corrected chi connectivity index (χ2v) is 6.29. The zero-order chi connectivity index (χ0) is 13.0. The molecule has 0 fully saturated rings. The Hall–Kier alpha value is -0.710. The van der Waals surface area contributed by atoms with Gasteiger partial charge < -0.3 is 5.32 Å². The molecule has 0 aliphatic heterocycles. The van der Waals surface area contributed by atoms with Crippen molar-refractivity contribution in [3.8, 4) is 0 Å². The van der Waals surface area contributed by atoms with Gasteiger partial charge in [-0.15, -0.1) is 11.3 Å². The quantitative estimate of drug-likeness (QED) is 0.861. The molecule has 0 saturated carbocycles. The zero-order valence-electron chi connectivity index (χ0n) is 11.2. The van der Waals surface area contributed by atoms with E-state index in [1.807, 2.05) is 0 Å². The maximum atomic E-state index is 4.58. The lowest BCUT2D eigenvalue weighted by Gasteiger charge is -2.17. The van der Waals surface area contributed by atoms with Gasteiger partial charge in [0, 0.05) is 23.5 Å². The number of rotatable bonds is 6. The van der Waals surface area contributed by atoms with E-state index in [9.17, 15) is 0 Å². The standard InChI is InChI=1S/C14H20N2S2/c1-4-5-15-13(12-9-17-7-10(12)2)6-14-16-11(3)8-18-14/h7-9,13,15H,4-6H2,1-3H3. The van der Waals surface area contributed by atoms with Gasteiger partial charge in [-0.25, -0.2) is 4.98 Å². The van der Waals surface area contributed by atoms with Crippen LogP contribution in [0.2, 0.25) is 0 Å². The van der Waals surface area contributed by atoms with Crippen molar-refractivity contribution in [1.82, 2.24) is 10.3 Å². The molecule has 1 unspecified atom stereocenters. The SMILES string of the molecule is CCCNC(Cc1nc(C)cs1)c1cscc1C. The summed E-state index contributed by atoms with van der Waals surface area (Å²) in [6.07, 6.45) is 2.16. The van der Waals surface area contributed by atoms with E-state index in [0.29, 0.717) is 6.04 Å².